The van der Waals surface area contributed by atoms with Crippen LogP contribution in [0.4, 0.5) is 16.2 Å². The Balaban J connectivity index is 2.09. The van der Waals surface area contributed by atoms with Crippen molar-refractivity contribution in [3.05, 3.63) is 16.9 Å². The van der Waals surface area contributed by atoms with E-state index in [1.807, 2.05) is 20.8 Å². The third-order valence-corrected chi connectivity index (χ3v) is 4.18. The van der Waals surface area contributed by atoms with Crippen molar-refractivity contribution in [3.8, 4) is 0 Å². The van der Waals surface area contributed by atoms with Gasteiger partial charge in [-0.2, -0.15) is 0 Å². The number of amides is 1. The Labute approximate surface area is 145 Å². The number of hydrogen-bond acceptors (Lipinski definition) is 5. The molecule has 128 valence electrons. The van der Waals surface area contributed by atoms with Gasteiger partial charge in [0.15, 0.2) is 0 Å². The van der Waals surface area contributed by atoms with Crippen molar-refractivity contribution in [2.24, 2.45) is 5.92 Å². The summed E-state index contributed by atoms with van der Waals surface area (Å²) in [6, 6.07) is 0.0214. The third kappa shape index (κ3) is 4.99. The fraction of sp³-hybridized carbons (Fsp3) is 0.625. The Morgan fingerprint density at radius 2 is 2.13 bits per heavy atom. The Morgan fingerprint density at radius 1 is 1.43 bits per heavy atom. The molecule has 0 aliphatic carbocycles. The smallest absolute Gasteiger partial charge is 0.407 e. The number of hydrogen-bond donors (Lipinski definition) is 2. The zero-order valence-electron chi connectivity index (χ0n) is 14.1. The molecule has 0 spiro atoms. The second kappa shape index (κ2) is 6.95. The van der Waals surface area contributed by atoms with Gasteiger partial charge in [-0.15, -0.1) is 0 Å². The van der Waals surface area contributed by atoms with Gasteiger partial charge in [-0.3, -0.25) is 4.98 Å². The number of carbonyl (C=O) groups excluding carboxylic acids is 1. The van der Waals surface area contributed by atoms with E-state index in [9.17, 15) is 4.79 Å². The standard InChI is InChI=1S/C16H25BrN4O2/c1-10-5-11(20-15(22)23-16(2,3)4)9-21(8-10)14-12(17)6-19-7-13(14)18/h6-7,10-11H,5,8-9,18H2,1-4H3,(H,20,22)/t10-,11+/m1/s1. The van der Waals surface area contributed by atoms with E-state index >= 15 is 0 Å². The van der Waals surface area contributed by atoms with Crippen LogP contribution in [0.2, 0.25) is 0 Å². The van der Waals surface area contributed by atoms with E-state index < -0.39 is 5.60 Å². The first-order valence-electron chi connectivity index (χ1n) is 7.79. The fourth-order valence-corrected chi connectivity index (χ4v) is 3.49. The summed E-state index contributed by atoms with van der Waals surface area (Å²) in [6.45, 7) is 9.32. The van der Waals surface area contributed by atoms with Crippen LogP contribution in [0.3, 0.4) is 0 Å². The first-order chi connectivity index (χ1) is 10.7. The molecule has 1 saturated heterocycles. The van der Waals surface area contributed by atoms with Gasteiger partial charge in [0.2, 0.25) is 0 Å². The molecule has 1 aromatic heterocycles. The number of piperidine rings is 1. The number of carbonyl (C=O) groups is 1. The highest BCUT2D eigenvalue weighted by molar-refractivity contribution is 9.10. The van der Waals surface area contributed by atoms with Crippen molar-refractivity contribution in [2.75, 3.05) is 23.7 Å². The number of rotatable bonds is 2. The van der Waals surface area contributed by atoms with Crippen LogP contribution in [0, 0.1) is 5.92 Å². The summed E-state index contributed by atoms with van der Waals surface area (Å²) < 4.78 is 6.22. The van der Waals surface area contributed by atoms with Gasteiger partial charge in [-0.1, -0.05) is 6.92 Å². The molecule has 7 heteroatoms. The number of ether oxygens (including phenoxy) is 1. The molecular weight excluding hydrogens is 360 g/mol. The molecule has 1 aliphatic heterocycles. The van der Waals surface area contributed by atoms with E-state index in [4.69, 9.17) is 10.5 Å². The molecule has 23 heavy (non-hydrogen) atoms. The molecule has 2 atom stereocenters. The predicted molar refractivity (Wildman–Crippen MR) is 95.5 cm³/mol. The second-order valence-corrected chi connectivity index (χ2v) is 8.00. The van der Waals surface area contributed by atoms with Crippen LogP contribution in [-0.2, 0) is 4.74 Å². The summed E-state index contributed by atoms with van der Waals surface area (Å²) >= 11 is 3.52. The SMILES string of the molecule is C[C@@H]1C[C@H](NC(=O)OC(C)(C)C)CN(c2c(N)cncc2Br)C1. The minimum absolute atomic E-state index is 0.0214. The largest absolute Gasteiger partial charge is 0.444 e. The number of nitrogen functional groups attached to an aromatic ring is 1. The van der Waals surface area contributed by atoms with E-state index in [0.717, 1.165) is 23.1 Å². The summed E-state index contributed by atoms with van der Waals surface area (Å²) in [7, 11) is 0. The van der Waals surface area contributed by atoms with E-state index in [0.29, 0.717) is 18.2 Å². The van der Waals surface area contributed by atoms with Crippen LogP contribution in [0.25, 0.3) is 0 Å². The molecule has 1 aliphatic rings. The number of halogens is 1. The molecule has 2 rings (SSSR count). The lowest BCUT2D eigenvalue weighted by atomic mass is 9.95. The highest BCUT2D eigenvalue weighted by Gasteiger charge is 2.29. The van der Waals surface area contributed by atoms with Gasteiger partial charge in [0.1, 0.15) is 5.60 Å². The van der Waals surface area contributed by atoms with Crippen LogP contribution in [0.15, 0.2) is 16.9 Å². The summed E-state index contributed by atoms with van der Waals surface area (Å²) in [5.74, 6) is 0.433. The fourth-order valence-electron chi connectivity index (χ4n) is 2.89. The topological polar surface area (TPSA) is 80.5 Å². The molecule has 0 radical (unpaired) electrons. The zero-order valence-corrected chi connectivity index (χ0v) is 15.7. The quantitative estimate of drug-likeness (QED) is 0.818. The van der Waals surface area contributed by atoms with E-state index in [1.54, 1.807) is 12.4 Å². The van der Waals surface area contributed by atoms with Gasteiger partial charge in [-0.05, 0) is 49.0 Å². The number of nitrogens with one attached hydrogen (secondary N) is 1. The minimum atomic E-state index is -0.497. The highest BCUT2D eigenvalue weighted by Crippen LogP contribution is 2.34. The summed E-state index contributed by atoms with van der Waals surface area (Å²) in [4.78, 5) is 18.3. The molecule has 3 N–H and O–H groups in total. The van der Waals surface area contributed by atoms with Gasteiger partial charge >= 0.3 is 6.09 Å². The summed E-state index contributed by atoms with van der Waals surface area (Å²) in [5, 5.41) is 2.97. The second-order valence-electron chi connectivity index (χ2n) is 7.15. The summed E-state index contributed by atoms with van der Waals surface area (Å²) in [6.07, 6.45) is 3.92. The molecular formula is C16H25BrN4O2. The van der Waals surface area contributed by atoms with Gasteiger partial charge < -0.3 is 20.7 Å². The molecule has 0 aromatic carbocycles. The van der Waals surface area contributed by atoms with Crippen molar-refractivity contribution in [1.82, 2.24) is 10.3 Å². The maximum Gasteiger partial charge on any atom is 0.407 e. The van der Waals surface area contributed by atoms with Gasteiger partial charge in [-0.25, -0.2) is 4.79 Å². The van der Waals surface area contributed by atoms with Crippen LogP contribution < -0.4 is 16.0 Å². The lowest BCUT2D eigenvalue weighted by Crippen LogP contribution is -2.51. The zero-order chi connectivity index (χ0) is 17.2. The number of pyridine rings is 1. The number of aromatic nitrogens is 1. The van der Waals surface area contributed by atoms with Crippen molar-refractivity contribution >= 4 is 33.4 Å². The van der Waals surface area contributed by atoms with Gasteiger partial charge in [0, 0.05) is 25.3 Å². The van der Waals surface area contributed by atoms with Crippen LogP contribution in [0.5, 0.6) is 0 Å². The maximum absolute atomic E-state index is 12.0. The molecule has 1 amide bonds. The van der Waals surface area contributed by atoms with Crippen LogP contribution >= 0.6 is 15.9 Å². The Morgan fingerprint density at radius 3 is 2.74 bits per heavy atom. The Hall–Kier alpha value is -1.50. The molecule has 0 unspecified atom stereocenters. The van der Waals surface area contributed by atoms with Crippen molar-refractivity contribution < 1.29 is 9.53 Å². The predicted octanol–water partition coefficient (Wildman–Crippen LogP) is 3.17. The number of anilines is 2. The molecule has 1 fully saturated rings. The first kappa shape index (κ1) is 17.8. The van der Waals surface area contributed by atoms with E-state index in [1.165, 1.54) is 0 Å². The normalized spacial score (nSPS) is 21.9. The number of nitrogens with two attached hydrogens (primary N) is 1. The van der Waals surface area contributed by atoms with Crippen molar-refractivity contribution in [3.63, 3.8) is 0 Å². The third-order valence-electron chi connectivity index (χ3n) is 3.60. The molecule has 0 bridgehead atoms. The highest BCUT2D eigenvalue weighted by atomic mass is 79.9. The van der Waals surface area contributed by atoms with Gasteiger partial charge in [0.05, 0.1) is 22.0 Å². The van der Waals surface area contributed by atoms with Gasteiger partial charge in [0.25, 0.3) is 0 Å². The molecule has 1 aromatic rings. The van der Waals surface area contributed by atoms with E-state index in [-0.39, 0.29) is 12.1 Å². The molecule has 0 saturated carbocycles. The average molecular weight is 385 g/mol. The first-order valence-corrected chi connectivity index (χ1v) is 8.58. The average Bonchev–Trinajstić information content (AvgIpc) is 2.35. The van der Waals surface area contributed by atoms with Crippen molar-refractivity contribution in [1.29, 1.82) is 0 Å². The van der Waals surface area contributed by atoms with E-state index in [2.05, 4.69) is 38.1 Å². The minimum Gasteiger partial charge on any atom is -0.444 e. The monoisotopic (exact) mass is 384 g/mol. The Bertz CT molecular complexity index is 553. The lowest BCUT2D eigenvalue weighted by molar-refractivity contribution is 0.0495. The van der Waals surface area contributed by atoms with Crippen LogP contribution in [0.1, 0.15) is 34.1 Å². The summed E-state index contributed by atoms with van der Waals surface area (Å²) in [5.41, 5.74) is 7.15. The number of nitrogens with zero attached hydrogens (tertiary/aromatic N) is 2. The molecule has 6 nitrogen and oxygen atoms in total. The van der Waals surface area contributed by atoms with Crippen molar-refractivity contribution in [2.45, 2.75) is 45.8 Å². The number of alkyl carbamates (subject to hydrolysis) is 1. The van der Waals surface area contributed by atoms with Crippen LogP contribution in [-0.4, -0.2) is 35.8 Å². The Kier molecular flexibility index (Phi) is 5.39. The molecule has 2 heterocycles. The lowest BCUT2D eigenvalue weighted by Gasteiger charge is -2.39. The maximum atomic E-state index is 12.0.